The second-order valence-electron chi connectivity index (χ2n) is 3.70. The van der Waals surface area contributed by atoms with Crippen LogP contribution in [0.3, 0.4) is 0 Å². The summed E-state index contributed by atoms with van der Waals surface area (Å²) in [7, 11) is 1.89. The van der Waals surface area contributed by atoms with Crippen molar-refractivity contribution >= 4 is 0 Å². The minimum atomic E-state index is 0.237. The maximum absolute atomic E-state index is 5.79. The average molecular weight is 211 g/mol. The molecule has 1 rings (SSSR count). The number of aromatic nitrogens is 2. The molecule has 1 atom stereocenters. The van der Waals surface area contributed by atoms with Gasteiger partial charge in [-0.2, -0.15) is 5.10 Å². The molecule has 0 aliphatic heterocycles. The minimum absolute atomic E-state index is 0.237. The lowest BCUT2D eigenvalue weighted by Crippen LogP contribution is -2.31. The van der Waals surface area contributed by atoms with Gasteiger partial charge in [-0.25, -0.2) is 0 Å². The molecule has 1 unspecified atom stereocenters. The smallest absolute Gasteiger partial charge is 0.157 e. The Labute approximate surface area is 91.6 Å². The summed E-state index contributed by atoms with van der Waals surface area (Å²) in [4.78, 5) is 0. The molecule has 0 saturated carbocycles. The van der Waals surface area contributed by atoms with Gasteiger partial charge in [0, 0.05) is 13.6 Å². The SMILES string of the molecule is CCCNCC(CC)Oc1cnn(C)c1. The fourth-order valence-electron chi connectivity index (χ4n) is 1.36. The van der Waals surface area contributed by atoms with Gasteiger partial charge in [0.2, 0.25) is 0 Å². The lowest BCUT2D eigenvalue weighted by molar-refractivity contribution is 0.193. The van der Waals surface area contributed by atoms with Crippen molar-refractivity contribution in [3.05, 3.63) is 12.4 Å². The van der Waals surface area contributed by atoms with Crippen molar-refractivity contribution in [2.75, 3.05) is 13.1 Å². The van der Waals surface area contributed by atoms with E-state index in [9.17, 15) is 0 Å². The minimum Gasteiger partial charge on any atom is -0.486 e. The summed E-state index contributed by atoms with van der Waals surface area (Å²) in [6, 6.07) is 0. The zero-order valence-corrected chi connectivity index (χ0v) is 9.86. The van der Waals surface area contributed by atoms with E-state index < -0.39 is 0 Å². The van der Waals surface area contributed by atoms with Crippen LogP contribution in [0.25, 0.3) is 0 Å². The van der Waals surface area contributed by atoms with E-state index in [1.165, 1.54) is 0 Å². The van der Waals surface area contributed by atoms with Gasteiger partial charge in [0.15, 0.2) is 5.75 Å². The largest absolute Gasteiger partial charge is 0.486 e. The summed E-state index contributed by atoms with van der Waals surface area (Å²) in [6.07, 6.45) is 6.04. The van der Waals surface area contributed by atoms with Crippen molar-refractivity contribution in [2.45, 2.75) is 32.8 Å². The molecule has 0 aliphatic rings. The molecule has 86 valence electrons. The van der Waals surface area contributed by atoms with E-state index in [1.807, 2.05) is 13.2 Å². The molecular weight excluding hydrogens is 190 g/mol. The van der Waals surface area contributed by atoms with E-state index in [-0.39, 0.29) is 6.10 Å². The van der Waals surface area contributed by atoms with Crippen LogP contribution < -0.4 is 10.1 Å². The zero-order chi connectivity index (χ0) is 11.1. The molecule has 0 spiro atoms. The average Bonchev–Trinajstić information content (AvgIpc) is 2.63. The van der Waals surface area contributed by atoms with Crippen molar-refractivity contribution in [1.29, 1.82) is 0 Å². The molecule has 1 N–H and O–H groups in total. The number of aryl methyl sites for hydroxylation is 1. The van der Waals surface area contributed by atoms with Crippen molar-refractivity contribution < 1.29 is 4.74 Å². The van der Waals surface area contributed by atoms with Gasteiger partial charge in [-0.15, -0.1) is 0 Å². The summed E-state index contributed by atoms with van der Waals surface area (Å²) in [5.74, 6) is 0.850. The quantitative estimate of drug-likeness (QED) is 0.696. The molecule has 0 amide bonds. The lowest BCUT2D eigenvalue weighted by Gasteiger charge is -2.16. The lowest BCUT2D eigenvalue weighted by atomic mass is 10.2. The number of nitrogens with one attached hydrogen (secondary N) is 1. The number of hydrogen-bond donors (Lipinski definition) is 1. The Bertz CT molecular complexity index is 273. The Kier molecular flexibility index (Phi) is 5.18. The van der Waals surface area contributed by atoms with E-state index in [0.29, 0.717) is 0 Å². The predicted molar refractivity (Wildman–Crippen MR) is 61.1 cm³/mol. The van der Waals surface area contributed by atoms with Crippen LogP contribution in [0, 0.1) is 0 Å². The van der Waals surface area contributed by atoms with E-state index in [1.54, 1.807) is 10.9 Å². The van der Waals surface area contributed by atoms with Crippen molar-refractivity contribution in [3.63, 3.8) is 0 Å². The molecule has 0 bridgehead atoms. The van der Waals surface area contributed by atoms with Gasteiger partial charge in [0.25, 0.3) is 0 Å². The summed E-state index contributed by atoms with van der Waals surface area (Å²) < 4.78 is 7.54. The Morgan fingerprint density at radius 3 is 2.87 bits per heavy atom. The van der Waals surface area contributed by atoms with Gasteiger partial charge in [0.05, 0.1) is 12.4 Å². The Balaban J connectivity index is 2.33. The van der Waals surface area contributed by atoms with E-state index in [4.69, 9.17) is 4.74 Å². The van der Waals surface area contributed by atoms with Crippen LogP contribution in [0.15, 0.2) is 12.4 Å². The molecule has 0 aromatic carbocycles. The van der Waals surface area contributed by atoms with Crippen LogP contribution >= 0.6 is 0 Å². The van der Waals surface area contributed by atoms with Crippen molar-refractivity contribution in [3.8, 4) is 5.75 Å². The number of hydrogen-bond acceptors (Lipinski definition) is 3. The van der Waals surface area contributed by atoms with Crippen LogP contribution in [-0.4, -0.2) is 29.0 Å². The molecule has 0 radical (unpaired) electrons. The van der Waals surface area contributed by atoms with Crippen LogP contribution in [0.5, 0.6) is 5.75 Å². The first kappa shape index (κ1) is 12.0. The summed E-state index contributed by atoms with van der Waals surface area (Å²) in [5, 5.41) is 7.43. The molecular formula is C11H21N3O. The molecule has 0 fully saturated rings. The molecule has 15 heavy (non-hydrogen) atoms. The fraction of sp³-hybridized carbons (Fsp3) is 0.727. The van der Waals surface area contributed by atoms with Crippen LogP contribution in [0.2, 0.25) is 0 Å². The van der Waals surface area contributed by atoms with E-state index in [2.05, 4.69) is 24.3 Å². The zero-order valence-electron chi connectivity index (χ0n) is 9.86. The highest BCUT2D eigenvalue weighted by atomic mass is 16.5. The summed E-state index contributed by atoms with van der Waals surface area (Å²) in [6.45, 7) is 6.25. The van der Waals surface area contributed by atoms with Crippen molar-refractivity contribution in [1.82, 2.24) is 15.1 Å². The molecule has 1 aromatic rings. The first-order chi connectivity index (χ1) is 7.26. The standard InChI is InChI=1S/C11H21N3O/c1-4-6-12-7-10(5-2)15-11-8-13-14(3)9-11/h8-10,12H,4-7H2,1-3H3. The van der Waals surface area contributed by atoms with Crippen LogP contribution in [0.1, 0.15) is 26.7 Å². The predicted octanol–water partition coefficient (Wildman–Crippen LogP) is 1.58. The monoisotopic (exact) mass is 211 g/mol. The third-order valence-electron chi connectivity index (χ3n) is 2.24. The van der Waals surface area contributed by atoms with E-state index >= 15 is 0 Å². The second kappa shape index (κ2) is 6.45. The first-order valence-electron chi connectivity index (χ1n) is 5.62. The maximum Gasteiger partial charge on any atom is 0.157 e. The third kappa shape index (κ3) is 4.34. The fourth-order valence-corrected chi connectivity index (χ4v) is 1.36. The Morgan fingerprint density at radius 2 is 2.33 bits per heavy atom. The van der Waals surface area contributed by atoms with Gasteiger partial charge in [-0.1, -0.05) is 13.8 Å². The second-order valence-corrected chi connectivity index (χ2v) is 3.70. The topological polar surface area (TPSA) is 39.1 Å². The summed E-state index contributed by atoms with van der Waals surface area (Å²) >= 11 is 0. The van der Waals surface area contributed by atoms with E-state index in [0.717, 1.165) is 31.7 Å². The van der Waals surface area contributed by atoms with Crippen LogP contribution in [0.4, 0.5) is 0 Å². The first-order valence-corrected chi connectivity index (χ1v) is 5.62. The maximum atomic E-state index is 5.79. The highest BCUT2D eigenvalue weighted by molar-refractivity contribution is 5.11. The van der Waals surface area contributed by atoms with Gasteiger partial charge in [-0.3, -0.25) is 4.68 Å². The van der Waals surface area contributed by atoms with Gasteiger partial charge >= 0.3 is 0 Å². The third-order valence-corrected chi connectivity index (χ3v) is 2.24. The molecule has 4 heteroatoms. The number of nitrogens with zero attached hydrogens (tertiary/aromatic N) is 2. The molecule has 0 saturated heterocycles. The highest BCUT2D eigenvalue weighted by Gasteiger charge is 2.08. The normalized spacial score (nSPS) is 12.7. The molecule has 1 aromatic heterocycles. The molecule has 1 heterocycles. The Hall–Kier alpha value is -1.03. The van der Waals surface area contributed by atoms with Crippen molar-refractivity contribution in [2.24, 2.45) is 7.05 Å². The molecule has 4 nitrogen and oxygen atoms in total. The highest BCUT2D eigenvalue weighted by Crippen LogP contribution is 2.10. The van der Waals surface area contributed by atoms with Gasteiger partial charge in [-0.05, 0) is 19.4 Å². The Morgan fingerprint density at radius 1 is 1.53 bits per heavy atom. The summed E-state index contributed by atoms with van der Waals surface area (Å²) in [5.41, 5.74) is 0. The molecule has 0 aliphatic carbocycles. The number of rotatable bonds is 7. The van der Waals surface area contributed by atoms with Crippen LogP contribution in [-0.2, 0) is 7.05 Å². The van der Waals surface area contributed by atoms with Gasteiger partial charge < -0.3 is 10.1 Å². The number of ether oxygens (including phenoxy) is 1. The van der Waals surface area contributed by atoms with Gasteiger partial charge in [0.1, 0.15) is 6.10 Å².